The molecule has 2 aromatic rings. The number of hydrogen-bond donors (Lipinski definition) is 1. The molecule has 1 N–H and O–H groups in total. The van der Waals surface area contributed by atoms with Crippen molar-refractivity contribution in [2.75, 3.05) is 11.5 Å². The van der Waals surface area contributed by atoms with Crippen molar-refractivity contribution in [3.05, 3.63) is 36.1 Å². The highest BCUT2D eigenvalue weighted by atomic mass is 32.2. The average Bonchev–Trinajstić information content (AvgIpc) is 3.10. The van der Waals surface area contributed by atoms with E-state index in [0.29, 0.717) is 11.4 Å². The first-order valence-electron chi connectivity index (χ1n) is 6.28. The Labute approximate surface area is 119 Å². The van der Waals surface area contributed by atoms with E-state index in [2.05, 4.69) is 5.16 Å². The number of rotatable bonds is 4. The fraction of sp³-hybridized carbons (Fsp3) is 0.286. The van der Waals surface area contributed by atoms with Gasteiger partial charge in [0.15, 0.2) is 0 Å². The highest BCUT2D eigenvalue weighted by Gasteiger charge is 2.20. The molecule has 1 fully saturated rings. The zero-order valence-corrected chi connectivity index (χ0v) is 11.4. The van der Waals surface area contributed by atoms with Gasteiger partial charge in [-0.1, -0.05) is 17.3 Å². The number of carboxylic acid groups (broad SMARTS) is 1. The Morgan fingerprint density at radius 3 is 3.00 bits per heavy atom. The van der Waals surface area contributed by atoms with Crippen LogP contribution in [0.2, 0.25) is 0 Å². The van der Waals surface area contributed by atoms with Gasteiger partial charge >= 0.3 is 5.97 Å². The average molecular weight is 291 g/mol. The molecule has 1 aromatic heterocycles. The van der Waals surface area contributed by atoms with Gasteiger partial charge < -0.3 is 14.4 Å². The summed E-state index contributed by atoms with van der Waals surface area (Å²) in [5.74, 6) is 1.50. The third-order valence-corrected chi connectivity index (χ3v) is 4.20. The SMILES string of the molecule is O=C(O)c1cc(-c2ccccc2OC2CCSC2)no1. The van der Waals surface area contributed by atoms with E-state index in [1.54, 1.807) is 0 Å². The van der Waals surface area contributed by atoms with Gasteiger partial charge in [-0.15, -0.1) is 0 Å². The minimum Gasteiger partial charge on any atom is -0.489 e. The van der Waals surface area contributed by atoms with Crippen LogP contribution in [0.3, 0.4) is 0 Å². The van der Waals surface area contributed by atoms with Crippen LogP contribution >= 0.6 is 11.8 Å². The normalized spacial score (nSPS) is 18.1. The van der Waals surface area contributed by atoms with Crippen molar-refractivity contribution >= 4 is 17.7 Å². The number of aromatic carboxylic acids is 1. The predicted octanol–water partition coefficient (Wildman–Crippen LogP) is 2.92. The van der Waals surface area contributed by atoms with Crippen molar-refractivity contribution in [2.45, 2.75) is 12.5 Å². The molecule has 20 heavy (non-hydrogen) atoms. The second kappa shape index (κ2) is 5.58. The first-order valence-corrected chi connectivity index (χ1v) is 7.43. The third-order valence-electron chi connectivity index (χ3n) is 3.07. The minimum absolute atomic E-state index is 0.175. The number of ether oxygens (including phenoxy) is 1. The van der Waals surface area contributed by atoms with Crippen LogP contribution < -0.4 is 4.74 Å². The first-order chi connectivity index (χ1) is 9.74. The molecule has 3 rings (SSSR count). The minimum atomic E-state index is -1.13. The van der Waals surface area contributed by atoms with Gasteiger partial charge in [-0.25, -0.2) is 4.79 Å². The van der Waals surface area contributed by atoms with Crippen molar-refractivity contribution in [3.8, 4) is 17.0 Å². The van der Waals surface area contributed by atoms with Crippen LogP contribution in [0.25, 0.3) is 11.3 Å². The Morgan fingerprint density at radius 1 is 1.45 bits per heavy atom. The highest BCUT2D eigenvalue weighted by Crippen LogP contribution is 2.32. The molecular formula is C14H13NO4S. The van der Waals surface area contributed by atoms with E-state index in [0.717, 1.165) is 23.5 Å². The molecule has 0 amide bonds. The van der Waals surface area contributed by atoms with E-state index in [4.69, 9.17) is 14.4 Å². The van der Waals surface area contributed by atoms with E-state index < -0.39 is 5.97 Å². The van der Waals surface area contributed by atoms with Crippen LogP contribution in [0.1, 0.15) is 17.0 Å². The molecule has 0 radical (unpaired) electrons. The molecule has 1 aliphatic heterocycles. The third kappa shape index (κ3) is 2.65. The standard InChI is InChI=1S/C14H13NO4S/c16-14(17)13-7-11(15-19-13)10-3-1-2-4-12(10)18-9-5-6-20-8-9/h1-4,7,9H,5-6,8H2,(H,16,17). The van der Waals surface area contributed by atoms with E-state index in [1.165, 1.54) is 6.07 Å². The Kier molecular flexibility index (Phi) is 3.64. The van der Waals surface area contributed by atoms with Crippen molar-refractivity contribution in [1.29, 1.82) is 0 Å². The molecule has 0 bridgehead atoms. The molecule has 0 saturated carbocycles. The largest absolute Gasteiger partial charge is 0.489 e. The molecule has 0 aliphatic carbocycles. The highest BCUT2D eigenvalue weighted by molar-refractivity contribution is 7.99. The quantitative estimate of drug-likeness (QED) is 0.933. The summed E-state index contributed by atoms with van der Waals surface area (Å²) in [6.07, 6.45) is 1.23. The van der Waals surface area contributed by atoms with Crippen LogP contribution in [-0.4, -0.2) is 33.8 Å². The summed E-state index contributed by atoms with van der Waals surface area (Å²) >= 11 is 1.87. The first kappa shape index (κ1) is 13.1. The van der Waals surface area contributed by atoms with Gasteiger partial charge in [-0.05, 0) is 24.3 Å². The maximum absolute atomic E-state index is 10.8. The number of hydrogen-bond acceptors (Lipinski definition) is 5. The Bertz CT molecular complexity index is 619. The zero-order valence-electron chi connectivity index (χ0n) is 10.6. The van der Waals surface area contributed by atoms with Gasteiger partial charge in [-0.3, -0.25) is 0 Å². The van der Waals surface area contributed by atoms with E-state index in [1.807, 2.05) is 36.0 Å². The summed E-state index contributed by atoms with van der Waals surface area (Å²) in [5, 5.41) is 12.7. The number of nitrogens with zero attached hydrogens (tertiary/aromatic N) is 1. The maximum atomic E-state index is 10.8. The number of benzene rings is 1. The van der Waals surface area contributed by atoms with Crippen molar-refractivity contribution in [2.24, 2.45) is 0 Å². The number of thioether (sulfide) groups is 1. The maximum Gasteiger partial charge on any atom is 0.374 e. The van der Waals surface area contributed by atoms with Crippen LogP contribution in [0.4, 0.5) is 0 Å². The molecule has 6 heteroatoms. The number of aromatic nitrogens is 1. The molecule has 104 valence electrons. The van der Waals surface area contributed by atoms with Gasteiger partial charge in [0.1, 0.15) is 17.5 Å². The number of para-hydroxylation sites is 1. The topological polar surface area (TPSA) is 72.6 Å². The summed E-state index contributed by atoms with van der Waals surface area (Å²) < 4.78 is 10.8. The second-order valence-corrected chi connectivity index (χ2v) is 5.63. The fourth-order valence-electron chi connectivity index (χ4n) is 2.07. The van der Waals surface area contributed by atoms with Crippen molar-refractivity contribution in [1.82, 2.24) is 5.16 Å². The smallest absolute Gasteiger partial charge is 0.374 e. The lowest BCUT2D eigenvalue weighted by molar-refractivity contribution is 0.0652. The zero-order chi connectivity index (χ0) is 13.9. The second-order valence-electron chi connectivity index (χ2n) is 4.48. The van der Waals surface area contributed by atoms with Crippen LogP contribution in [0.15, 0.2) is 34.9 Å². The Balaban J connectivity index is 1.89. The predicted molar refractivity (Wildman–Crippen MR) is 75.3 cm³/mol. The van der Waals surface area contributed by atoms with Crippen molar-refractivity contribution in [3.63, 3.8) is 0 Å². The fourth-order valence-corrected chi connectivity index (χ4v) is 3.16. The Hall–Kier alpha value is -1.95. The summed E-state index contributed by atoms with van der Waals surface area (Å²) in [6, 6.07) is 8.88. The molecule has 5 nitrogen and oxygen atoms in total. The lowest BCUT2D eigenvalue weighted by atomic mass is 10.1. The van der Waals surface area contributed by atoms with Gasteiger partial charge in [-0.2, -0.15) is 11.8 Å². The van der Waals surface area contributed by atoms with E-state index in [-0.39, 0.29) is 11.9 Å². The van der Waals surface area contributed by atoms with Gasteiger partial charge in [0.05, 0.1) is 0 Å². The molecule has 1 saturated heterocycles. The van der Waals surface area contributed by atoms with E-state index >= 15 is 0 Å². The molecule has 1 aliphatic rings. The summed E-state index contributed by atoms with van der Waals surface area (Å²) in [4.78, 5) is 10.8. The molecule has 2 heterocycles. The summed E-state index contributed by atoms with van der Waals surface area (Å²) in [5.41, 5.74) is 1.23. The van der Waals surface area contributed by atoms with Crippen LogP contribution in [0, 0.1) is 0 Å². The monoisotopic (exact) mass is 291 g/mol. The number of carbonyl (C=O) groups is 1. The van der Waals surface area contributed by atoms with Gasteiger partial charge in [0.2, 0.25) is 5.76 Å². The molecule has 1 aromatic carbocycles. The molecule has 1 unspecified atom stereocenters. The molecule has 0 spiro atoms. The molecular weight excluding hydrogens is 278 g/mol. The molecule has 1 atom stereocenters. The van der Waals surface area contributed by atoms with Crippen LogP contribution in [-0.2, 0) is 0 Å². The lowest BCUT2D eigenvalue weighted by Crippen LogP contribution is -2.15. The summed E-state index contributed by atoms with van der Waals surface area (Å²) in [6.45, 7) is 0. The van der Waals surface area contributed by atoms with E-state index in [9.17, 15) is 4.79 Å². The lowest BCUT2D eigenvalue weighted by Gasteiger charge is -2.14. The van der Waals surface area contributed by atoms with Gasteiger partial charge in [0, 0.05) is 17.4 Å². The Morgan fingerprint density at radius 2 is 2.30 bits per heavy atom. The summed E-state index contributed by atoms with van der Waals surface area (Å²) in [7, 11) is 0. The van der Waals surface area contributed by atoms with Crippen LogP contribution in [0.5, 0.6) is 5.75 Å². The van der Waals surface area contributed by atoms with Gasteiger partial charge in [0.25, 0.3) is 0 Å². The number of carboxylic acids is 1. The van der Waals surface area contributed by atoms with Crippen molar-refractivity contribution < 1.29 is 19.2 Å².